The van der Waals surface area contributed by atoms with Gasteiger partial charge in [0.1, 0.15) is 0 Å². The van der Waals surface area contributed by atoms with Crippen LogP contribution in [0.1, 0.15) is 11.1 Å². The van der Waals surface area contributed by atoms with Crippen molar-refractivity contribution in [3.05, 3.63) is 88.2 Å². The Labute approximate surface area is 178 Å². The van der Waals surface area contributed by atoms with Crippen LogP contribution >= 0.6 is 23.2 Å². The van der Waals surface area contributed by atoms with Gasteiger partial charge in [-0.25, -0.2) is 8.42 Å². The van der Waals surface area contributed by atoms with Gasteiger partial charge in [-0.05, 0) is 47.5 Å². The number of pyridine rings is 1. The highest BCUT2D eigenvalue weighted by atomic mass is 35.5. The highest BCUT2D eigenvalue weighted by Gasteiger charge is 2.16. The Hall–Kier alpha value is -2.61. The number of carbonyl (C=O) groups excluding carboxylic acids is 1. The van der Waals surface area contributed by atoms with Crippen molar-refractivity contribution in [2.75, 3.05) is 4.72 Å². The van der Waals surface area contributed by atoms with Crippen LogP contribution in [0.4, 0.5) is 5.69 Å². The summed E-state index contributed by atoms with van der Waals surface area (Å²) < 4.78 is 27.4. The van der Waals surface area contributed by atoms with E-state index in [1.807, 2.05) is 6.07 Å². The standard InChI is InChI=1S/C20H17Cl2N3O3S/c21-16-9-17(22)11-19(10-16)29(27,28)25-18-5-3-14(4-6-18)8-20(26)24-13-15-2-1-7-23-12-15/h1-7,9-12,25H,8,13H2,(H,24,26). The lowest BCUT2D eigenvalue weighted by Gasteiger charge is -2.10. The van der Waals surface area contributed by atoms with Gasteiger partial charge in [-0.1, -0.05) is 41.4 Å². The average molecular weight is 450 g/mol. The summed E-state index contributed by atoms with van der Waals surface area (Å²) in [4.78, 5) is 16.0. The lowest BCUT2D eigenvalue weighted by Crippen LogP contribution is -2.24. The number of benzene rings is 2. The molecule has 0 saturated carbocycles. The van der Waals surface area contributed by atoms with Crippen molar-refractivity contribution in [3.63, 3.8) is 0 Å². The van der Waals surface area contributed by atoms with E-state index in [2.05, 4.69) is 15.0 Å². The molecule has 29 heavy (non-hydrogen) atoms. The number of rotatable bonds is 7. The fourth-order valence-electron chi connectivity index (χ4n) is 2.54. The fraction of sp³-hybridized carbons (Fsp3) is 0.100. The number of hydrogen-bond donors (Lipinski definition) is 2. The SMILES string of the molecule is O=C(Cc1ccc(NS(=O)(=O)c2cc(Cl)cc(Cl)c2)cc1)NCc1cccnc1. The number of sulfonamides is 1. The summed E-state index contributed by atoms with van der Waals surface area (Å²) in [6.45, 7) is 0.396. The quantitative estimate of drug-likeness (QED) is 0.569. The summed E-state index contributed by atoms with van der Waals surface area (Å²) in [6.07, 6.45) is 3.54. The van der Waals surface area contributed by atoms with Crippen molar-refractivity contribution < 1.29 is 13.2 Å². The van der Waals surface area contributed by atoms with Crippen LogP contribution in [-0.4, -0.2) is 19.3 Å². The highest BCUT2D eigenvalue weighted by molar-refractivity contribution is 7.92. The molecule has 0 aliphatic carbocycles. The second-order valence-corrected chi connectivity index (χ2v) is 8.78. The Morgan fingerprint density at radius 3 is 2.28 bits per heavy atom. The molecule has 150 valence electrons. The molecular weight excluding hydrogens is 433 g/mol. The summed E-state index contributed by atoms with van der Waals surface area (Å²) in [5.74, 6) is -0.143. The molecule has 2 N–H and O–H groups in total. The van der Waals surface area contributed by atoms with Crippen LogP contribution < -0.4 is 10.0 Å². The maximum absolute atomic E-state index is 12.5. The van der Waals surface area contributed by atoms with Gasteiger partial charge in [-0.2, -0.15) is 0 Å². The predicted octanol–water partition coefficient (Wildman–Crippen LogP) is 4.05. The van der Waals surface area contributed by atoms with Gasteiger partial charge in [-0.15, -0.1) is 0 Å². The summed E-state index contributed by atoms with van der Waals surface area (Å²) in [7, 11) is -3.84. The molecule has 1 amide bonds. The third-order valence-electron chi connectivity index (χ3n) is 3.93. The third-order valence-corrected chi connectivity index (χ3v) is 5.73. The summed E-state index contributed by atoms with van der Waals surface area (Å²) >= 11 is 11.8. The van der Waals surface area contributed by atoms with E-state index < -0.39 is 10.0 Å². The maximum atomic E-state index is 12.5. The van der Waals surface area contributed by atoms with Crippen molar-refractivity contribution >= 4 is 44.8 Å². The van der Waals surface area contributed by atoms with Gasteiger partial charge < -0.3 is 5.32 Å². The predicted molar refractivity (Wildman–Crippen MR) is 114 cm³/mol. The fourth-order valence-corrected chi connectivity index (χ4v) is 4.32. The number of halogens is 2. The number of aromatic nitrogens is 1. The molecule has 3 aromatic rings. The largest absolute Gasteiger partial charge is 0.352 e. The minimum Gasteiger partial charge on any atom is -0.352 e. The van der Waals surface area contributed by atoms with Crippen LogP contribution in [0.25, 0.3) is 0 Å². The molecule has 3 rings (SSSR count). The molecule has 0 saturated heterocycles. The van der Waals surface area contributed by atoms with Crippen molar-refractivity contribution in [1.82, 2.24) is 10.3 Å². The molecule has 0 aliphatic rings. The number of amides is 1. The molecule has 6 nitrogen and oxygen atoms in total. The molecular formula is C20H17Cl2N3O3S. The molecule has 1 aromatic heterocycles. The van der Waals surface area contributed by atoms with Gasteiger partial charge in [-0.3, -0.25) is 14.5 Å². The van der Waals surface area contributed by atoms with E-state index in [1.54, 1.807) is 42.7 Å². The van der Waals surface area contributed by atoms with Gasteiger partial charge >= 0.3 is 0 Å². The van der Waals surface area contributed by atoms with Crippen molar-refractivity contribution in [2.24, 2.45) is 0 Å². The molecule has 9 heteroatoms. The minimum atomic E-state index is -3.84. The van der Waals surface area contributed by atoms with Gasteiger partial charge in [0.25, 0.3) is 10.0 Å². The van der Waals surface area contributed by atoms with E-state index in [4.69, 9.17) is 23.2 Å². The van der Waals surface area contributed by atoms with Crippen LogP contribution in [0.15, 0.2) is 71.9 Å². The summed E-state index contributed by atoms with van der Waals surface area (Å²) in [6, 6.07) is 14.3. The monoisotopic (exact) mass is 449 g/mol. The molecule has 1 heterocycles. The zero-order chi connectivity index (χ0) is 20.9. The van der Waals surface area contributed by atoms with Crippen LogP contribution in [0, 0.1) is 0 Å². The van der Waals surface area contributed by atoms with Crippen molar-refractivity contribution in [1.29, 1.82) is 0 Å². The second kappa shape index (κ2) is 9.26. The van der Waals surface area contributed by atoms with Crippen LogP contribution in [0.2, 0.25) is 10.0 Å². The molecule has 0 aliphatic heterocycles. The molecule has 0 radical (unpaired) electrons. The first-order valence-electron chi connectivity index (χ1n) is 8.55. The van der Waals surface area contributed by atoms with E-state index in [1.165, 1.54) is 18.2 Å². The molecule has 0 fully saturated rings. The Kier molecular flexibility index (Phi) is 6.74. The van der Waals surface area contributed by atoms with E-state index >= 15 is 0 Å². The Morgan fingerprint density at radius 1 is 0.966 bits per heavy atom. The molecule has 0 unspecified atom stereocenters. The lowest BCUT2D eigenvalue weighted by molar-refractivity contribution is -0.120. The zero-order valence-electron chi connectivity index (χ0n) is 15.1. The number of nitrogens with zero attached hydrogens (tertiary/aromatic N) is 1. The van der Waals surface area contributed by atoms with E-state index in [0.29, 0.717) is 12.2 Å². The van der Waals surface area contributed by atoms with Crippen LogP contribution in [0.3, 0.4) is 0 Å². The maximum Gasteiger partial charge on any atom is 0.261 e. The van der Waals surface area contributed by atoms with Gasteiger partial charge in [0.15, 0.2) is 0 Å². The van der Waals surface area contributed by atoms with Gasteiger partial charge in [0.05, 0.1) is 11.3 Å². The summed E-state index contributed by atoms with van der Waals surface area (Å²) in [5, 5.41) is 3.27. The first-order valence-corrected chi connectivity index (χ1v) is 10.8. The van der Waals surface area contributed by atoms with Gasteiger partial charge in [0.2, 0.25) is 5.91 Å². The Bertz CT molecular complexity index is 1090. The van der Waals surface area contributed by atoms with E-state index in [0.717, 1.165) is 11.1 Å². The molecule has 0 bridgehead atoms. The van der Waals surface area contributed by atoms with Crippen molar-refractivity contribution in [3.8, 4) is 0 Å². The lowest BCUT2D eigenvalue weighted by atomic mass is 10.1. The zero-order valence-corrected chi connectivity index (χ0v) is 17.4. The number of nitrogens with one attached hydrogen (secondary N) is 2. The minimum absolute atomic E-state index is 0.0335. The molecule has 0 atom stereocenters. The number of anilines is 1. The van der Waals surface area contributed by atoms with Crippen LogP contribution in [-0.2, 0) is 27.8 Å². The second-order valence-electron chi connectivity index (χ2n) is 6.22. The number of hydrogen-bond acceptors (Lipinski definition) is 4. The van der Waals surface area contributed by atoms with E-state index in [-0.39, 0.29) is 27.3 Å². The Balaban J connectivity index is 1.60. The number of carbonyl (C=O) groups is 1. The molecule has 2 aromatic carbocycles. The van der Waals surface area contributed by atoms with Crippen LogP contribution in [0.5, 0.6) is 0 Å². The van der Waals surface area contributed by atoms with Gasteiger partial charge in [0, 0.05) is 34.7 Å². The normalized spacial score (nSPS) is 11.1. The first kappa shape index (κ1) is 21.1. The smallest absolute Gasteiger partial charge is 0.261 e. The first-order chi connectivity index (χ1) is 13.8. The van der Waals surface area contributed by atoms with E-state index in [9.17, 15) is 13.2 Å². The average Bonchev–Trinajstić information content (AvgIpc) is 2.68. The van der Waals surface area contributed by atoms with Crippen molar-refractivity contribution in [2.45, 2.75) is 17.9 Å². The third kappa shape index (κ3) is 6.19. The highest BCUT2D eigenvalue weighted by Crippen LogP contribution is 2.24. The topological polar surface area (TPSA) is 88.2 Å². The molecule has 0 spiro atoms. The Morgan fingerprint density at radius 2 is 1.66 bits per heavy atom. The summed E-state index contributed by atoms with van der Waals surface area (Å²) in [5.41, 5.74) is 2.02.